The second kappa shape index (κ2) is 5.17. The van der Waals surface area contributed by atoms with Gasteiger partial charge in [-0.2, -0.15) is 0 Å². The molecular formula is C16H16ClN3. The Morgan fingerprint density at radius 2 is 2.00 bits per heavy atom. The lowest BCUT2D eigenvalue weighted by atomic mass is 10.0. The van der Waals surface area contributed by atoms with Gasteiger partial charge < -0.3 is 10.6 Å². The van der Waals surface area contributed by atoms with Crippen LogP contribution in [0.1, 0.15) is 17.2 Å². The van der Waals surface area contributed by atoms with Gasteiger partial charge in [-0.1, -0.05) is 41.9 Å². The Labute approximate surface area is 123 Å². The summed E-state index contributed by atoms with van der Waals surface area (Å²) in [5.74, 6) is 0.560. The zero-order chi connectivity index (χ0) is 14.1. The van der Waals surface area contributed by atoms with E-state index in [1.807, 2.05) is 30.3 Å². The summed E-state index contributed by atoms with van der Waals surface area (Å²) < 4.78 is 0. The van der Waals surface area contributed by atoms with E-state index >= 15 is 0 Å². The Morgan fingerprint density at radius 3 is 2.75 bits per heavy atom. The molecule has 0 spiro atoms. The fourth-order valence-corrected chi connectivity index (χ4v) is 2.79. The maximum Gasteiger partial charge on any atom is 0.196 e. The summed E-state index contributed by atoms with van der Waals surface area (Å²) in [6.45, 7) is 2.73. The molecule has 1 heterocycles. The van der Waals surface area contributed by atoms with Gasteiger partial charge in [0.15, 0.2) is 5.96 Å². The molecule has 0 saturated heterocycles. The third kappa shape index (κ3) is 2.25. The molecule has 20 heavy (non-hydrogen) atoms. The smallest absolute Gasteiger partial charge is 0.196 e. The second-order valence-electron chi connectivity index (χ2n) is 4.93. The molecule has 0 fully saturated rings. The van der Waals surface area contributed by atoms with Crippen LogP contribution in [-0.4, -0.2) is 12.5 Å². The molecule has 1 aliphatic rings. The van der Waals surface area contributed by atoms with Crippen molar-refractivity contribution >= 4 is 23.2 Å². The molecule has 2 N–H and O–H groups in total. The molecule has 102 valence electrons. The van der Waals surface area contributed by atoms with Crippen LogP contribution >= 0.6 is 11.6 Å². The van der Waals surface area contributed by atoms with Crippen LogP contribution in [0.3, 0.4) is 0 Å². The van der Waals surface area contributed by atoms with Crippen LogP contribution in [-0.2, 0) is 0 Å². The van der Waals surface area contributed by atoms with Gasteiger partial charge in [0.05, 0.1) is 12.6 Å². The fourth-order valence-electron chi connectivity index (χ4n) is 2.59. The summed E-state index contributed by atoms with van der Waals surface area (Å²) in [6.07, 6.45) is 0. The van der Waals surface area contributed by atoms with E-state index in [1.54, 1.807) is 0 Å². The highest BCUT2D eigenvalue weighted by atomic mass is 35.5. The van der Waals surface area contributed by atoms with E-state index in [1.165, 1.54) is 5.56 Å². The van der Waals surface area contributed by atoms with Crippen LogP contribution in [0.25, 0.3) is 0 Å². The second-order valence-corrected chi connectivity index (χ2v) is 5.36. The van der Waals surface area contributed by atoms with E-state index in [2.05, 4.69) is 35.0 Å². The topological polar surface area (TPSA) is 41.6 Å². The Kier molecular flexibility index (Phi) is 3.36. The molecule has 0 bridgehead atoms. The molecule has 3 rings (SSSR count). The Balaban J connectivity index is 2.03. The number of halogens is 1. The van der Waals surface area contributed by atoms with Crippen LogP contribution < -0.4 is 10.6 Å². The number of nitrogens with two attached hydrogens (primary N) is 1. The molecule has 3 nitrogen and oxygen atoms in total. The van der Waals surface area contributed by atoms with Crippen LogP contribution in [0, 0.1) is 6.92 Å². The van der Waals surface area contributed by atoms with Crippen molar-refractivity contribution in [3.05, 3.63) is 64.7 Å². The Bertz CT molecular complexity index is 666. The van der Waals surface area contributed by atoms with Gasteiger partial charge in [0, 0.05) is 10.7 Å². The number of anilines is 1. The normalized spacial score (nSPS) is 18.2. The van der Waals surface area contributed by atoms with Gasteiger partial charge in [0.2, 0.25) is 0 Å². The lowest BCUT2D eigenvalue weighted by molar-refractivity contribution is 0.767. The van der Waals surface area contributed by atoms with Crippen molar-refractivity contribution in [2.24, 2.45) is 10.7 Å². The van der Waals surface area contributed by atoms with Crippen LogP contribution in [0.4, 0.5) is 5.69 Å². The van der Waals surface area contributed by atoms with Crippen molar-refractivity contribution in [1.82, 2.24) is 0 Å². The van der Waals surface area contributed by atoms with E-state index in [-0.39, 0.29) is 6.04 Å². The average Bonchev–Trinajstić information content (AvgIpc) is 2.81. The zero-order valence-electron chi connectivity index (χ0n) is 11.3. The van der Waals surface area contributed by atoms with Crippen molar-refractivity contribution in [3.63, 3.8) is 0 Å². The van der Waals surface area contributed by atoms with Crippen molar-refractivity contribution in [1.29, 1.82) is 0 Å². The first-order valence-electron chi connectivity index (χ1n) is 6.57. The van der Waals surface area contributed by atoms with E-state index in [0.29, 0.717) is 12.5 Å². The number of aryl methyl sites for hydroxylation is 1. The molecule has 1 aliphatic heterocycles. The minimum Gasteiger partial charge on any atom is -0.369 e. The van der Waals surface area contributed by atoms with E-state index in [9.17, 15) is 0 Å². The van der Waals surface area contributed by atoms with E-state index in [4.69, 9.17) is 17.3 Å². The number of hydrogen-bond acceptors (Lipinski definition) is 3. The number of hydrogen-bond donors (Lipinski definition) is 1. The quantitative estimate of drug-likeness (QED) is 0.917. The predicted octanol–water partition coefficient (Wildman–Crippen LogP) is 3.52. The number of benzene rings is 2. The molecule has 0 aromatic heterocycles. The standard InChI is InChI=1S/C16H16ClN3/c1-11-5-2-3-8-14(11)20-15(10-19-16(20)18)12-6-4-7-13(17)9-12/h2-9,15H,10H2,1H3,(H2,18,19). The molecule has 2 aromatic rings. The van der Waals surface area contributed by atoms with E-state index in [0.717, 1.165) is 16.3 Å². The maximum atomic E-state index is 6.10. The lowest BCUT2D eigenvalue weighted by Crippen LogP contribution is -2.36. The molecule has 4 heteroatoms. The minimum atomic E-state index is 0.106. The first-order chi connectivity index (χ1) is 9.66. The average molecular weight is 286 g/mol. The maximum absolute atomic E-state index is 6.10. The number of rotatable bonds is 2. The zero-order valence-corrected chi connectivity index (χ0v) is 12.0. The number of aliphatic imine (C=N–C) groups is 1. The summed E-state index contributed by atoms with van der Waals surface area (Å²) in [6, 6.07) is 16.2. The molecule has 0 amide bonds. The van der Waals surface area contributed by atoms with Gasteiger partial charge in [-0.25, -0.2) is 0 Å². The van der Waals surface area contributed by atoms with Crippen molar-refractivity contribution < 1.29 is 0 Å². The summed E-state index contributed by atoms with van der Waals surface area (Å²) >= 11 is 6.10. The molecule has 1 unspecified atom stereocenters. The first kappa shape index (κ1) is 13.0. The van der Waals surface area contributed by atoms with Gasteiger partial charge >= 0.3 is 0 Å². The van der Waals surface area contributed by atoms with Gasteiger partial charge in [0.25, 0.3) is 0 Å². The molecule has 0 radical (unpaired) electrons. The summed E-state index contributed by atoms with van der Waals surface area (Å²) in [7, 11) is 0. The van der Waals surface area contributed by atoms with Crippen LogP contribution in [0.2, 0.25) is 5.02 Å². The molecular weight excluding hydrogens is 270 g/mol. The molecule has 1 atom stereocenters. The predicted molar refractivity (Wildman–Crippen MR) is 84.3 cm³/mol. The summed E-state index contributed by atoms with van der Waals surface area (Å²) in [4.78, 5) is 6.48. The largest absolute Gasteiger partial charge is 0.369 e. The van der Waals surface area contributed by atoms with Gasteiger partial charge in [0.1, 0.15) is 0 Å². The Hall–Kier alpha value is -2.00. The summed E-state index contributed by atoms with van der Waals surface area (Å²) in [5, 5.41) is 0.734. The first-order valence-corrected chi connectivity index (χ1v) is 6.95. The highest BCUT2D eigenvalue weighted by Gasteiger charge is 2.29. The fraction of sp³-hybridized carbons (Fsp3) is 0.188. The van der Waals surface area contributed by atoms with Crippen LogP contribution in [0.15, 0.2) is 53.5 Å². The number of nitrogens with zero attached hydrogens (tertiary/aromatic N) is 2. The summed E-state index contributed by atoms with van der Waals surface area (Å²) in [5.41, 5.74) is 9.49. The highest BCUT2D eigenvalue weighted by Crippen LogP contribution is 2.33. The van der Waals surface area contributed by atoms with Gasteiger partial charge in [-0.15, -0.1) is 0 Å². The van der Waals surface area contributed by atoms with Crippen molar-refractivity contribution in [2.45, 2.75) is 13.0 Å². The highest BCUT2D eigenvalue weighted by molar-refractivity contribution is 6.30. The molecule has 2 aromatic carbocycles. The van der Waals surface area contributed by atoms with Crippen molar-refractivity contribution in [3.8, 4) is 0 Å². The minimum absolute atomic E-state index is 0.106. The lowest BCUT2D eigenvalue weighted by Gasteiger charge is -2.28. The van der Waals surface area contributed by atoms with Gasteiger partial charge in [-0.05, 0) is 36.2 Å². The Morgan fingerprint density at radius 1 is 1.20 bits per heavy atom. The van der Waals surface area contributed by atoms with Crippen molar-refractivity contribution in [2.75, 3.05) is 11.4 Å². The third-order valence-corrected chi connectivity index (χ3v) is 3.83. The monoisotopic (exact) mass is 285 g/mol. The SMILES string of the molecule is Cc1ccccc1N1C(N)=NCC1c1cccc(Cl)c1. The molecule has 0 aliphatic carbocycles. The third-order valence-electron chi connectivity index (χ3n) is 3.59. The molecule has 0 saturated carbocycles. The number of guanidine groups is 1. The van der Waals surface area contributed by atoms with Gasteiger partial charge in [-0.3, -0.25) is 4.99 Å². The van der Waals surface area contributed by atoms with Crippen LogP contribution in [0.5, 0.6) is 0 Å². The van der Waals surface area contributed by atoms with E-state index < -0.39 is 0 Å². The number of para-hydroxylation sites is 1.